The second kappa shape index (κ2) is 6.98. The van der Waals surface area contributed by atoms with E-state index in [-0.39, 0.29) is 12.2 Å². The molecule has 0 aliphatic carbocycles. The molecule has 0 fully saturated rings. The molecule has 6 heteroatoms. The van der Waals surface area contributed by atoms with Gasteiger partial charge in [0.05, 0.1) is 0 Å². The molecular formula is C9H15F3O2S. The minimum atomic E-state index is -4.13. The van der Waals surface area contributed by atoms with E-state index in [1.54, 1.807) is 0 Å². The molecule has 0 aromatic rings. The van der Waals surface area contributed by atoms with Crippen LogP contribution in [0.1, 0.15) is 32.6 Å². The Bertz CT molecular complexity index is 194. The Morgan fingerprint density at radius 1 is 1.47 bits per heavy atom. The third-order valence-electron chi connectivity index (χ3n) is 1.75. The molecule has 15 heavy (non-hydrogen) atoms. The van der Waals surface area contributed by atoms with Gasteiger partial charge in [-0.1, -0.05) is 13.3 Å². The zero-order valence-electron chi connectivity index (χ0n) is 8.51. The first kappa shape index (κ1) is 14.6. The van der Waals surface area contributed by atoms with Crippen molar-refractivity contribution in [1.82, 2.24) is 0 Å². The molecule has 90 valence electrons. The summed E-state index contributed by atoms with van der Waals surface area (Å²) in [5, 5.41) is 8.15. The van der Waals surface area contributed by atoms with Gasteiger partial charge in [-0.3, -0.25) is 4.79 Å². The first-order chi connectivity index (χ1) is 6.87. The van der Waals surface area contributed by atoms with Gasteiger partial charge in [-0.2, -0.15) is 13.2 Å². The van der Waals surface area contributed by atoms with E-state index >= 15 is 0 Å². The summed E-state index contributed by atoms with van der Waals surface area (Å²) in [5.41, 5.74) is 0. The minimum absolute atomic E-state index is 0.0122. The van der Waals surface area contributed by atoms with Crippen molar-refractivity contribution in [3.05, 3.63) is 0 Å². The first-order valence-electron chi connectivity index (χ1n) is 4.78. The van der Waals surface area contributed by atoms with Gasteiger partial charge in [0.15, 0.2) is 0 Å². The molecule has 0 bridgehead atoms. The summed E-state index contributed by atoms with van der Waals surface area (Å²) in [6, 6.07) is 0. The molecule has 0 amide bonds. The van der Waals surface area contributed by atoms with Crippen molar-refractivity contribution in [2.45, 2.75) is 44.0 Å². The Hall–Kier alpha value is -0.390. The number of halogens is 3. The van der Waals surface area contributed by atoms with E-state index in [0.29, 0.717) is 6.42 Å². The Labute approximate surface area is 91.2 Å². The smallest absolute Gasteiger partial charge is 0.389 e. The van der Waals surface area contributed by atoms with Gasteiger partial charge in [-0.15, -0.1) is 11.8 Å². The largest absolute Gasteiger partial charge is 0.480 e. The van der Waals surface area contributed by atoms with Crippen LogP contribution < -0.4 is 0 Å². The van der Waals surface area contributed by atoms with Crippen LogP contribution in [-0.2, 0) is 4.79 Å². The highest BCUT2D eigenvalue weighted by Gasteiger charge is 2.26. The second-order valence-corrected chi connectivity index (χ2v) is 4.52. The number of hydrogen-bond acceptors (Lipinski definition) is 2. The summed E-state index contributed by atoms with van der Waals surface area (Å²) in [5.74, 6) is -0.690. The number of carboxylic acids is 1. The molecule has 2 nitrogen and oxygen atoms in total. The maximum Gasteiger partial charge on any atom is 0.389 e. The number of alkyl halides is 3. The lowest BCUT2D eigenvalue weighted by molar-refractivity contribution is -0.136. The van der Waals surface area contributed by atoms with E-state index in [9.17, 15) is 18.0 Å². The number of hydrogen-bond donors (Lipinski definition) is 1. The van der Waals surface area contributed by atoms with Crippen LogP contribution in [0.5, 0.6) is 0 Å². The molecule has 0 aliphatic rings. The molecule has 0 heterocycles. The summed E-state index contributed by atoms with van der Waals surface area (Å²) in [6.45, 7) is 1.85. The molecule has 1 N–H and O–H groups in total. The van der Waals surface area contributed by atoms with Gasteiger partial charge >= 0.3 is 12.1 Å². The quantitative estimate of drug-likeness (QED) is 0.698. The van der Waals surface area contributed by atoms with Crippen LogP contribution in [0.3, 0.4) is 0 Å². The highest BCUT2D eigenvalue weighted by Crippen LogP contribution is 2.24. The van der Waals surface area contributed by atoms with Gasteiger partial charge in [0.25, 0.3) is 0 Å². The van der Waals surface area contributed by atoms with Crippen molar-refractivity contribution in [3.63, 3.8) is 0 Å². The average Bonchev–Trinajstić information content (AvgIpc) is 2.08. The van der Waals surface area contributed by atoms with Crippen LogP contribution in [0.25, 0.3) is 0 Å². The van der Waals surface area contributed by atoms with E-state index in [4.69, 9.17) is 5.11 Å². The number of rotatable bonds is 7. The fraction of sp³-hybridized carbons (Fsp3) is 0.889. The molecule has 0 rings (SSSR count). The first-order valence-corrected chi connectivity index (χ1v) is 5.83. The van der Waals surface area contributed by atoms with Gasteiger partial charge in [0, 0.05) is 6.42 Å². The molecule has 0 spiro atoms. The average molecular weight is 244 g/mol. The van der Waals surface area contributed by atoms with Gasteiger partial charge < -0.3 is 5.11 Å². The Morgan fingerprint density at radius 2 is 2.07 bits per heavy atom. The van der Waals surface area contributed by atoms with E-state index in [2.05, 4.69) is 0 Å². The molecule has 0 radical (unpaired) electrons. The molecule has 0 saturated carbocycles. The monoisotopic (exact) mass is 244 g/mol. The Kier molecular flexibility index (Phi) is 6.80. The zero-order chi connectivity index (χ0) is 11.9. The van der Waals surface area contributed by atoms with Crippen molar-refractivity contribution in [2.75, 3.05) is 5.75 Å². The maximum atomic E-state index is 11.8. The predicted octanol–water partition coefficient (Wildman–Crippen LogP) is 3.32. The summed E-state index contributed by atoms with van der Waals surface area (Å²) in [7, 11) is 0. The lowest BCUT2D eigenvalue weighted by Gasteiger charge is -2.11. The van der Waals surface area contributed by atoms with Crippen molar-refractivity contribution < 1.29 is 23.1 Å². The normalized spacial score (nSPS) is 13.9. The van der Waals surface area contributed by atoms with Crippen LogP contribution in [0, 0.1) is 0 Å². The topological polar surface area (TPSA) is 37.3 Å². The lowest BCUT2D eigenvalue weighted by Crippen LogP contribution is -2.17. The van der Waals surface area contributed by atoms with Crippen molar-refractivity contribution in [1.29, 1.82) is 0 Å². The van der Waals surface area contributed by atoms with Crippen molar-refractivity contribution in [3.8, 4) is 0 Å². The van der Waals surface area contributed by atoms with Gasteiger partial charge in [0.1, 0.15) is 5.25 Å². The zero-order valence-corrected chi connectivity index (χ0v) is 9.33. The lowest BCUT2D eigenvalue weighted by atomic mass is 10.2. The third kappa shape index (κ3) is 8.59. The van der Waals surface area contributed by atoms with Gasteiger partial charge in [-0.05, 0) is 18.6 Å². The molecule has 0 aliphatic heterocycles. The number of aliphatic carboxylic acids is 1. The van der Waals surface area contributed by atoms with Gasteiger partial charge in [-0.25, -0.2) is 0 Å². The predicted molar refractivity (Wildman–Crippen MR) is 54.1 cm³/mol. The van der Waals surface area contributed by atoms with Gasteiger partial charge in [0.2, 0.25) is 0 Å². The summed E-state index contributed by atoms with van der Waals surface area (Å²) >= 11 is 1.10. The van der Waals surface area contributed by atoms with E-state index < -0.39 is 23.8 Å². The number of carboxylic acid groups (broad SMARTS) is 1. The Morgan fingerprint density at radius 3 is 2.47 bits per heavy atom. The van der Waals surface area contributed by atoms with E-state index in [1.807, 2.05) is 6.92 Å². The van der Waals surface area contributed by atoms with Crippen molar-refractivity contribution in [2.24, 2.45) is 0 Å². The SMILES string of the molecule is CCCC(SCCCC(F)(F)F)C(=O)O. The number of carbonyl (C=O) groups is 1. The fourth-order valence-electron chi connectivity index (χ4n) is 1.04. The van der Waals surface area contributed by atoms with Crippen LogP contribution in [0.4, 0.5) is 13.2 Å². The Balaban J connectivity index is 3.67. The molecule has 0 saturated heterocycles. The van der Waals surface area contributed by atoms with Crippen LogP contribution in [-0.4, -0.2) is 28.3 Å². The molecule has 1 atom stereocenters. The van der Waals surface area contributed by atoms with Crippen LogP contribution >= 0.6 is 11.8 Å². The van der Waals surface area contributed by atoms with E-state index in [0.717, 1.165) is 18.2 Å². The van der Waals surface area contributed by atoms with Crippen LogP contribution in [0.2, 0.25) is 0 Å². The molecular weight excluding hydrogens is 229 g/mol. The molecule has 0 aromatic heterocycles. The standard InChI is InChI=1S/C9H15F3O2S/c1-2-4-7(8(13)14)15-6-3-5-9(10,11)12/h7H,2-6H2,1H3,(H,13,14). The van der Waals surface area contributed by atoms with E-state index in [1.165, 1.54) is 0 Å². The minimum Gasteiger partial charge on any atom is -0.480 e. The highest BCUT2D eigenvalue weighted by molar-refractivity contribution is 8.00. The summed E-state index contributed by atoms with van der Waals surface area (Å²) in [4.78, 5) is 10.6. The van der Waals surface area contributed by atoms with Crippen molar-refractivity contribution >= 4 is 17.7 Å². The molecule has 0 aromatic carbocycles. The summed E-state index contributed by atoms with van der Waals surface area (Å²) < 4.78 is 35.3. The third-order valence-corrected chi connectivity index (χ3v) is 3.11. The fourth-order valence-corrected chi connectivity index (χ4v) is 2.18. The molecule has 1 unspecified atom stereocenters. The van der Waals surface area contributed by atoms with Crippen LogP contribution in [0.15, 0.2) is 0 Å². The highest BCUT2D eigenvalue weighted by atomic mass is 32.2. The number of thioether (sulfide) groups is 1. The summed E-state index contributed by atoms with van der Waals surface area (Å²) in [6.07, 6.45) is -3.75. The second-order valence-electron chi connectivity index (χ2n) is 3.21. The maximum absolute atomic E-state index is 11.8.